The lowest BCUT2D eigenvalue weighted by Gasteiger charge is -2.28. The zero-order valence-corrected chi connectivity index (χ0v) is 20.1. The van der Waals surface area contributed by atoms with E-state index in [0.29, 0.717) is 23.8 Å². The molecule has 12 nitrogen and oxygen atoms in total. The summed E-state index contributed by atoms with van der Waals surface area (Å²) in [5.41, 5.74) is 0. The molecule has 0 saturated heterocycles. The van der Waals surface area contributed by atoms with Crippen LogP contribution in [0.3, 0.4) is 0 Å². The summed E-state index contributed by atoms with van der Waals surface area (Å²) in [6.45, 7) is 4.48. The van der Waals surface area contributed by atoms with Crippen molar-refractivity contribution in [3.05, 3.63) is 73.8 Å². The van der Waals surface area contributed by atoms with Gasteiger partial charge in [-0.05, 0) is 37.1 Å². The van der Waals surface area contributed by atoms with Gasteiger partial charge in [0, 0.05) is 88.8 Å². The van der Waals surface area contributed by atoms with Crippen molar-refractivity contribution in [1.29, 1.82) is 0 Å². The van der Waals surface area contributed by atoms with Crippen LogP contribution in [0, 0.1) is 0 Å². The molecule has 0 aliphatic rings. The molecule has 36 heavy (non-hydrogen) atoms. The van der Waals surface area contributed by atoms with Gasteiger partial charge in [0.15, 0.2) is 0 Å². The number of rotatable bonds is 15. The van der Waals surface area contributed by atoms with Gasteiger partial charge in [-0.1, -0.05) is 0 Å². The van der Waals surface area contributed by atoms with E-state index in [4.69, 9.17) is 0 Å². The van der Waals surface area contributed by atoms with Crippen LogP contribution in [0.25, 0.3) is 0 Å². The first-order valence-corrected chi connectivity index (χ1v) is 11.9. The van der Waals surface area contributed by atoms with E-state index < -0.39 is 0 Å². The topological polar surface area (TPSA) is 134 Å². The van der Waals surface area contributed by atoms with Gasteiger partial charge in [0.2, 0.25) is 23.8 Å². The Bertz CT molecular complexity index is 1010. The predicted octanol–water partition coefficient (Wildman–Crippen LogP) is 2.16. The van der Waals surface area contributed by atoms with E-state index in [9.17, 15) is 0 Å². The Labute approximate surface area is 210 Å². The van der Waals surface area contributed by atoms with E-state index in [1.807, 2.05) is 12.1 Å². The fourth-order valence-corrected chi connectivity index (χ4v) is 3.50. The minimum atomic E-state index is 0.627. The fraction of sp³-hybridized carbons (Fsp3) is 0.333. The van der Waals surface area contributed by atoms with Crippen LogP contribution in [0.2, 0.25) is 0 Å². The maximum absolute atomic E-state index is 4.47. The molecule has 4 aromatic heterocycles. The van der Waals surface area contributed by atoms with Gasteiger partial charge in [-0.2, -0.15) is 0 Å². The Balaban J connectivity index is 1.33. The zero-order chi connectivity index (χ0) is 24.7. The average molecular weight is 487 g/mol. The third kappa shape index (κ3) is 8.08. The molecule has 0 unspecified atom stereocenters. The quantitative estimate of drug-likeness (QED) is 0.238. The molecule has 4 rings (SSSR count). The van der Waals surface area contributed by atoms with Gasteiger partial charge in [-0.15, -0.1) is 0 Å². The summed E-state index contributed by atoms with van der Waals surface area (Å²) in [6, 6.07) is 7.24. The smallest absolute Gasteiger partial charge is 0.225 e. The molecule has 0 spiro atoms. The predicted molar refractivity (Wildman–Crippen MR) is 139 cm³/mol. The molecule has 0 aromatic carbocycles. The van der Waals surface area contributed by atoms with Crippen molar-refractivity contribution in [2.45, 2.75) is 12.8 Å². The monoisotopic (exact) mass is 486 g/mol. The molecule has 0 saturated carbocycles. The summed E-state index contributed by atoms with van der Waals surface area (Å²) in [5, 5.41) is 6.51. The van der Waals surface area contributed by atoms with Gasteiger partial charge in [0.1, 0.15) is 0 Å². The van der Waals surface area contributed by atoms with Crippen molar-refractivity contribution >= 4 is 23.8 Å². The maximum atomic E-state index is 4.47. The number of hydrogen-bond acceptors (Lipinski definition) is 12. The number of aromatic nitrogens is 8. The molecule has 0 amide bonds. The van der Waals surface area contributed by atoms with E-state index in [2.05, 4.69) is 60.3 Å². The largest absolute Gasteiger partial charge is 0.354 e. The molecule has 4 heterocycles. The average Bonchev–Trinajstić information content (AvgIpc) is 2.95. The second kappa shape index (κ2) is 14.0. The van der Waals surface area contributed by atoms with Crippen LogP contribution in [0.5, 0.6) is 0 Å². The molecular weight excluding hydrogens is 456 g/mol. The number of anilines is 4. The molecule has 0 atom stereocenters. The van der Waals surface area contributed by atoms with Crippen LogP contribution >= 0.6 is 0 Å². The maximum Gasteiger partial charge on any atom is 0.225 e. The highest BCUT2D eigenvalue weighted by Gasteiger charge is 2.14. The van der Waals surface area contributed by atoms with E-state index >= 15 is 0 Å². The highest BCUT2D eigenvalue weighted by molar-refractivity contribution is 5.33. The lowest BCUT2D eigenvalue weighted by molar-refractivity contribution is 0.668. The Hall–Kier alpha value is -4.48. The molecule has 0 bridgehead atoms. The van der Waals surface area contributed by atoms with Crippen LogP contribution in [-0.2, 0) is 0 Å². The van der Waals surface area contributed by atoms with E-state index in [1.54, 1.807) is 61.7 Å². The minimum Gasteiger partial charge on any atom is -0.354 e. The van der Waals surface area contributed by atoms with Crippen molar-refractivity contribution in [3.8, 4) is 0 Å². The molecule has 0 fully saturated rings. The standard InChI is InChI=1S/C24H30N12/c1-7-25-21(26-8-1)29-15-5-17-35(23-31-11-3-12-32-23)19-20-36(24-33-13-4-14-34-24)18-6-16-30-22-27-9-2-10-28-22/h1-4,7-14H,5-6,15-20H2,(H,25,26,29)(H,27,28,30). The zero-order valence-electron chi connectivity index (χ0n) is 20.1. The van der Waals surface area contributed by atoms with E-state index in [1.165, 1.54) is 0 Å². The van der Waals surface area contributed by atoms with Crippen molar-refractivity contribution < 1.29 is 0 Å². The molecule has 2 N–H and O–H groups in total. The molecule has 0 aliphatic carbocycles. The van der Waals surface area contributed by atoms with Crippen LogP contribution < -0.4 is 20.4 Å². The Morgan fingerprint density at radius 1 is 0.444 bits per heavy atom. The summed E-state index contributed by atoms with van der Waals surface area (Å²) in [6.07, 6.45) is 15.7. The van der Waals surface area contributed by atoms with Crippen molar-refractivity contribution in [3.63, 3.8) is 0 Å². The summed E-state index contributed by atoms with van der Waals surface area (Å²) in [4.78, 5) is 39.1. The molecular formula is C24H30N12. The van der Waals surface area contributed by atoms with E-state index in [-0.39, 0.29) is 0 Å². The van der Waals surface area contributed by atoms with E-state index in [0.717, 1.165) is 52.1 Å². The number of nitrogens with one attached hydrogen (secondary N) is 2. The molecule has 186 valence electrons. The summed E-state index contributed by atoms with van der Waals surface area (Å²) in [5.74, 6) is 2.65. The first kappa shape index (κ1) is 24.6. The van der Waals surface area contributed by atoms with Gasteiger partial charge in [-0.25, -0.2) is 39.9 Å². The Morgan fingerprint density at radius 2 is 0.778 bits per heavy atom. The van der Waals surface area contributed by atoms with Gasteiger partial charge >= 0.3 is 0 Å². The molecule has 12 heteroatoms. The Morgan fingerprint density at radius 3 is 1.14 bits per heavy atom. The van der Waals surface area contributed by atoms with Crippen LogP contribution in [-0.4, -0.2) is 79.1 Å². The summed E-state index contributed by atoms with van der Waals surface area (Å²) >= 11 is 0. The van der Waals surface area contributed by atoms with Crippen molar-refractivity contribution in [1.82, 2.24) is 39.9 Å². The first-order chi connectivity index (χ1) is 17.9. The van der Waals surface area contributed by atoms with Gasteiger partial charge in [0.25, 0.3) is 0 Å². The Kier molecular flexibility index (Phi) is 9.61. The van der Waals surface area contributed by atoms with Gasteiger partial charge < -0.3 is 20.4 Å². The SMILES string of the molecule is c1cnc(NCCCN(CCN(CCCNc2ncccn2)c2ncccn2)c2ncccn2)nc1. The van der Waals surface area contributed by atoms with Crippen LogP contribution in [0.4, 0.5) is 23.8 Å². The summed E-state index contributed by atoms with van der Waals surface area (Å²) < 4.78 is 0. The second-order valence-electron chi connectivity index (χ2n) is 7.78. The lowest BCUT2D eigenvalue weighted by Crippen LogP contribution is -2.38. The summed E-state index contributed by atoms with van der Waals surface area (Å²) in [7, 11) is 0. The second-order valence-corrected chi connectivity index (χ2v) is 7.78. The highest BCUT2D eigenvalue weighted by Crippen LogP contribution is 2.10. The van der Waals surface area contributed by atoms with Gasteiger partial charge in [0.05, 0.1) is 0 Å². The molecule has 0 aliphatic heterocycles. The van der Waals surface area contributed by atoms with Crippen molar-refractivity contribution in [2.75, 3.05) is 59.7 Å². The highest BCUT2D eigenvalue weighted by atomic mass is 15.3. The minimum absolute atomic E-state index is 0.627. The van der Waals surface area contributed by atoms with Crippen LogP contribution in [0.15, 0.2) is 73.8 Å². The molecule has 4 aromatic rings. The fourth-order valence-electron chi connectivity index (χ4n) is 3.50. The number of hydrogen-bond donors (Lipinski definition) is 2. The van der Waals surface area contributed by atoms with Crippen molar-refractivity contribution in [2.24, 2.45) is 0 Å². The normalized spacial score (nSPS) is 10.6. The van der Waals surface area contributed by atoms with Gasteiger partial charge in [-0.3, -0.25) is 0 Å². The first-order valence-electron chi connectivity index (χ1n) is 11.9. The third-order valence-corrected chi connectivity index (χ3v) is 5.22. The lowest BCUT2D eigenvalue weighted by atomic mass is 10.3. The number of nitrogens with zero attached hydrogens (tertiary/aromatic N) is 10. The third-order valence-electron chi connectivity index (χ3n) is 5.22. The van der Waals surface area contributed by atoms with Crippen LogP contribution in [0.1, 0.15) is 12.8 Å². The molecule has 0 radical (unpaired) electrons.